The van der Waals surface area contributed by atoms with E-state index in [0.717, 1.165) is 70.6 Å². The van der Waals surface area contributed by atoms with Gasteiger partial charge in [0.15, 0.2) is 12.4 Å². The Labute approximate surface area is 319 Å². The van der Waals surface area contributed by atoms with Gasteiger partial charge in [-0.25, -0.2) is 0 Å². The molecule has 0 bridgehead atoms. The fourth-order valence-electron chi connectivity index (χ4n) is 5.38. The monoisotopic (exact) mass is 746 g/mol. The largest absolute Gasteiger partial charge is 0.462 e. The van der Waals surface area contributed by atoms with Crippen molar-refractivity contribution in [1.82, 2.24) is 0 Å². The number of unbranched alkanes of at least 4 members (excludes halogenated alkanes) is 8. The van der Waals surface area contributed by atoms with Crippen LogP contribution in [0.1, 0.15) is 129 Å². The van der Waals surface area contributed by atoms with Gasteiger partial charge in [0.25, 0.3) is 0 Å². The van der Waals surface area contributed by atoms with E-state index in [0.29, 0.717) is 19.3 Å². The molecule has 10 nitrogen and oxygen atoms in total. The Balaban J connectivity index is 2.44. The Morgan fingerprint density at radius 1 is 0.604 bits per heavy atom. The van der Waals surface area contributed by atoms with Crippen molar-refractivity contribution in [2.75, 3.05) is 19.8 Å². The maximum absolute atomic E-state index is 12.7. The van der Waals surface area contributed by atoms with Crippen molar-refractivity contribution < 1.29 is 49.0 Å². The Morgan fingerprint density at radius 3 is 1.75 bits per heavy atom. The number of carbonyl (C=O) groups is 2. The first-order valence-electron chi connectivity index (χ1n) is 20.0. The Hall–Kier alpha value is -2.86. The van der Waals surface area contributed by atoms with Gasteiger partial charge < -0.3 is 39.4 Å². The van der Waals surface area contributed by atoms with Gasteiger partial charge in [0.2, 0.25) is 0 Å². The van der Waals surface area contributed by atoms with Crippen molar-refractivity contribution in [3.05, 3.63) is 72.9 Å². The second-order valence-electron chi connectivity index (χ2n) is 13.3. The Bertz CT molecular complexity index is 1090. The topological polar surface area (TPSA) is 152 Å². The predicted molar refractivity (Wildman–Crippen MR) is 210 cm³/mol. The van der Waals surface area contributed by atoms with E-state index in [2.05, 4.69) is 80.7 Å². The van der Waals surface area contributed by atoms with Crippen molar-refractivity contribution >= 4 is 11.9 Å². The zero-order valence-electron chi connectivity index (χ0n) is 32.5. The zero-order chi connectivity index (χ0) is 38.8. The van der Waals surface area contributed by atoms with Crippen LogP contribution in [0.25, 0.3) is 0 Å². The molecule has 0 aromatic carbocycles. The molecule has 1 heterocycles. The van der Waals surface area contributed by atoms with Crippen LogP contribution in [-0.2, 0) is 28.5 Å². The summed E-state index contributed by atoms with van der Waals surface area (Å²) in [6.45, 7) is 3.17. The molecule has 1 saturated heterocycles. The van der Waals surface area contributed by atoms with E-state index < -0.39 is 55.4 Å². The van der Waals surface area contributed by atoms with E-state index in [1.54, 1.807) is 0 Å². The third-order valence-corrected chi connectivity index (χ3v) is 8.58. The van der Waals surface area contributed by atoms with Gasteiger partial charge in [-0.1, -0.05) is 119 Å². The van der Waals surface area contributed by atoms with E-state index in [1.807, 2.05) is 6.08 Å². The fourth-order valence-corrected chi connectivity index (χ4v) is 5.38. The average molecular weight is 747 g/mol. The number of carbonyl (C=O) groups excluding carboxylic acids is 2. The van der Waals surface area contributed by atoms with Crippen LogP contribution < -0.4 is 0 Å². The van der Waals surface area contributed by atoms with E-state index >= 15 is 0 Å². The van der Waals surface area contributed by atoms with Crippen molar-refractivity contribution in [3.8, 4) is 0 Å². The molecule has 6 atom stereocenters. The first-order chi connectivity index (χ1) is 25.8. The Kier molecular flexibility index (Phi) is 30.6. The maximum atomic E-state index is 12.7. The fraction of sp³-hybridized carbons (Fsp3) is 0.674. The van der Waals surface area contributed by atoms with Gasteiger partial charge in [-0.05, 0) is 70.6 Å². The summed E-state index contributed by atoms with van der Waals surface area (Å²) in [7, 11) is 0. The van der Waals surface area contributed by atoms with Crippen LogP contribution in [0.2, 0.25) is 0 Å². The van der Waals surface area contributed by atoms with Crippen LogP contribution in [-0.4, -0.2) is 89.0 Å². The molecule has 53 heavy (non-hydrogen) atoms. The number of ether oxygens (including phenoxy) is 4. The standard InChI is InChI=1S/C43H70O10/c1-3-5-7-9-11-13-15-16-17-18-19-20-22-24-26-28-30-32-39(46)52-36(35-51-43-42(49)41(48)40(47)37(33-44)53-43)34-50-38(45)31-29-27-25-23-21-14-12-10-8-6-4-2/h5,7,10-13,16-17,19-20,24,26,36-37,40-44,47-49H,3-4,6,8-9,14-15,18,21-23,25,27-35H2,1-2H3/b7-5-,12-10-,13-11-,17-16-,20-19-,26-24-. The quantitative estimate of drug-likeness (QED) is 0.0316. The summed E-state index contributed by atoms with van der Waals surface area (Å²) in [4.78, 5) is 25.2. The normalized spacial score (nSPS) is 21.7. The number of allylic oxidation sites excluding steroid dienone is 12. The molecule has 0 radical (unpaired) electrons. The smallest absolute Gasteiger partial charge is 0.306 e. The molecule has 6 unspecified atom stereocenters. The SMILES string of the molecule is CC/C=C\C/C=C\C/C=C\C/C=C\C/C=C\CCCC(=O)OC(COC(=O)CCCCCCC/C=C\CCCC)COC1OC(CO)C(O)C(O)C1O. The van der Waals surface area contributed by atoms with Gasteiger partial charge in [-0.3, -0.25) is 9.59 Å². The van der Waals surface area contributed by atoms with Crippen LogP contribution in [0.15, 0.2) is 72.9 Å². The van der Waals surface area contributed by atoms with E-state index in [-0.39, 0.29) is 26.1 Å². The molecule has 1 fully saturated rings. The molecule has 10 heteroatoms. The van der Waals surface area contributed by atoms with E-state index in [1.165, 1.54) is 12.8 Å². The van der Waals surface area contributed by atoms with Crippen LogP contribution >= 0.6 is 0 Å². The third kappa shape index (κ3) is 25.7. The number of hydrogen-bond acceptors (Lipinski definition) is 10. The first-order valence-corrected chi connectivity index (χ1v) is 20.0. The summed E-state index contributed by atoms with van der Waals surface area (Å²) in [5, 5.41) is 39.9. The molecule has 0 aromatic rings. The van der Waals surface area contributed by atoms with Gasteiger partial charge >= 0.3 is 11.9 Å². The third-order valence-electron chi connectivity index (χ3n) is 8.58. The van der Waals surface area contributed by atoms with Crippen LogP contribution in [0, 0.1) is 0 Å². The average Bonchev–Trinajstić information content (AvgIpc) is 3.15. The molecule has 0 aliphatic carbocycles. The molecule has 4 N–H and O–H groups in total. The molecule has 0 spiro atoms. The van der Waals surface area contributed by atoms with Crippen LogP contribution in [0.5, 0.6) is 0 Å². The number of rotatable bonds is 31. The maximum Gasteiger partial charge on any atom is 0.306 e. The van der Waals surface area contributed by atoms with Crippen molar-refractivity contribution in [3.63, 3.8) is 0 Å². The number of esters is 2. The molecule has 0 saturated carbocycles. The lowest BCUT2D eigenvalue weighted by Crippen LogP contribution is -2.59. The minimum absolute atomic E-state index is 0.146. The highest BCUT2D eigenvalue weighted by molar-refractivity contribution is 5.70. The highest BCUT2D eigenvalue weighted by Gasteiger charge is 2.44. The molecule has 1 rings (SSSR count). The van der Waals surface area contributed by atoms with Gasteiger partial charge in [-0.2, -0.15) is 0 Å². The molecule has 302 valence electrons. The summed E-state index contributed by atoms with van der Waals surface area (Å²) in [5.74, 6) is -0.896. The molecular weight excluding hydrogens is 676 g/mol. The van der Waals surface area contributed by atoms with E-state index in [4.69, 9.17) is 18.9 Å². The summed E-state index contributed by atoms with van der Waals surface area (Å²) >= 11 is 0. The Morgan fingerprint density at radius 2 is 1.13 bits per heavy atom. The summed E-state index contributed by atoms with van der Waals surface area (Å²) < 4.78 is 22.0. The number of aliphatic hydroxyl groups is 4. The summed E-state index contributed by atoms with van der Waals surface area (Å²) in [6, 6.07) is 0. The lowest BCUT2D eigenvalue weighted by Gasteiger charge is -2.39. The van der Waals surface area contributed by atoms with Gasteiger partial charge in [0, 0.05) is 12.8 Å². The van der Waals surface area contributed by atoms with Gasteiger partial charge in [0.05, 0.1) is 13.2 Å². The minimum atomic E-state index is -1.61. The molecule has 1 aliphatic heterocycles. The second-order valence-corrected chi connectivity index (χ2v) is 13.3. The summed E-state index contributed by atoms with van der Waals surface area (Å²) in [6.07, 6.45) is 33.5. The molecule has 0 aromatic heterocycles. The van der Waals surface area contributed by atoms with Gasteiger partial charge in [-0.15, -0.1) is 0 Å². The van der Waals surface area contributed by atoms with Crippen LogP contribution in [0.3, 0.4) is 0 Å². The number of hydrogen-bond donors (Lipinski definition) is 4. The highest BCUT2D eigenvalue weighted by Crippen LogP contribution is 2.22. The van der Waals surface area contributed by atoms with E-state index in [9.17, 15) is 30.0 Å². The molecule has 0 amide bonds. The summed E-state index contributed by atoms with van der Waals surface area (Å²) in [5.41, 5.74) is 0. The second kappa shape index (κ2) is 33.7. The van der Waals surface area contributed by atoms with Crippen molar-refractivity contribution in [1.29, 1.82) is 0 Å². The zero-order valence-corrected chi connectivity index (χ0v) is 32.5. The lowest BCUT2D eigenvalue weighted by molar-refractivity contribution is -0.305. The number of aliphatic hydroxyl groups excluding tert-OH is 4. The van der Waals surface area contributed by atoms with Crippen molar-refractivity contribution in [2.45, 2.75) is 166 Å². The minimum Gasteiger partial charge on any atom is -0.462 e. The highest BCUT2D eigenvalue weighted by atomic mass is 16.7. The lowest BCUT2D eigenvalue weighted by atomic mass is 9.99. The predicted octanol–water partition coefficient (Wildman–Crippen LogP) is 7.66. The van der Waals surface area contributed by atoms with Crippen LogP contribution in [0.4, 0.5) is 0 Å². The first kappa shape index (κ1) is 48.2. The molecular formula is C43H70O10. The molecule has 1 aliphatic rings. The van der Waals surface area contributed by atoms with Gasteiger partial charge in [0.1, 0.15) is 31.0 Å². The van der Waals surface area contributed by atoms with Crippen molar-refractivity contribution in [2.24, 2.45) is 0 Å².